The number of sulfonamides is 1. The Bertz CT molecular complexity index is 486. The Balaban J connectivity index is 2.69. The summed E-state index contributed by atoms with van der Waals surface area (Å²) in [6.45, 7) is 2.74. The van der Waals surface area contributed by atoms with Crippen molar-refractivity contribution in [1.29, 1.82) is 0 Å². The molecule has 0 radical (unpaired) electrons. The molecule has 0 fully saturated rings. The second-order valence-electron chi connectivity index (χ2n) is 4.89. The number of nitrogens with zero attached hydrogens (tertiary/aromatic N) is 1. The molecule has 1 atom stereocenters. The van der Waals surface area contributed by atoms with Crippen LogP contribution in [0.15, 0.2) is 29.2 Å². The second kappa shape index (κ2) is 7.38. The topological polar surface area (TPSA) is 49.4 Å². The van der Waals surface area contributed by atoms with Crippen LogP contribution in [0.1, 0.15) is 18.9 Å². The Labute approximate surface area is 124 Å². The maximum Gasteiger partial charge on any atom is 0.240 e. The largest absolute Gasteiger partial charge is 0.309 e. The lowest BCUT2D eigenvalue weighted by atomic mass is 10.2. The molecule has 0 aliphatic heterocycles. The van der Waals surface area contributed by atoms with Gasteiger partial charge >= 0.3 is 0 Å². The second-order valence-corrected chi connectivity index (χ2v) is 7.17. The van der Waals surface area contributed by atoms with Crippen LogP contribution < -0.4 is 4.72 Å². The maximum atomic E-state index is 12.2. The molecule has 1 aromatic carbocycles. The van der Waals surface area contributed by atoms with Gasteiger partial charge in [0.05, 0.1) is 4.90 Å². The summed E-state index contributed by atoms with van der Waals surface area (Å²) < 4.78 is 27.0. The van der Waals surface area contributed by atoms with E-state index in [9.17, 15) is 8.42 Å². The van der Waals surface area contributed by atoms with E-state index < -0.39 is 10.0 Å². The minimum absolute atomic E-state index is 0.0803. The fourth-order valence-corrected chi connectivity index (χ4v) is 3.25. The van der Waals surface area contributed by atoms with Crippen molar-refractivity contribution >= 4 is 26.0 Å². The highest BCUT2D eigenvalue weighted by Crippen LogP contribution is 2.13. The van der Waals surface area contributed by atoms with E-state index in [1.807, 2.05) is 38.1 Å². The number of nitrogens with one attached hydrogen (secondary N) is 1. The van der Waals surface area contributed by atoms with Gasteiger partial charge in [0.25, 0.3) is 0 Å². The molecule has 0 aliphatic rings. The van der Waals surface area contributed by atoms with Crippen LogP contribution in [0.2, 0.25) is 0 Å². The van der Waals surface area contributed by atoms with Crippen molar-refractivity contribution in [3.63, 3.8) is 0 Å². The van der Waals surface area contributed by atoms with Crippen LogP contribution in [-0.2, 0) is 15.4 Å². The molecule has 6 heteroatoms. The number of rotatable bonds is 7. The van der Waals surface area contributed by atoms with Crippen molar-refractivity contribution in [1.82, 2.24) is 9.62 Å². The fraction of sp³-hybridized carbons (Fsp3) is 0.538. The predicted molar refractivity (Wildman–Crippen MR) is 82.0 cm³/mol. The van der Waals surface area contributed by atoms with Gasteiger partial charge in [0.2, 0.25) is 10.0 Å². The van der Waals surface area contributed by atoms with Crippen molar-refractivity contribution in [3.8, 4) is 0 Å². The number of halogens is 1. The summed E-state index contributed by atoms with van der Waals surface area (Å²) in [5.74, 6) is 0. The van der Waals surface area contributed by atoms with E-state index in [2.05, 4.69) is 20.7 Å². The summed E-state index contributed by atoms with van der Waals surface area (Å²) in [4.78, 5) is 2.35. The highest BCUT2D eigenvalue weighted by molar-refractivity contribution is 9.08. The van der Waals surface area contributed by atoms with Crippen LogP contribution in [0.3, 0.4) is 0 Å². The number of hydrogen-bond donors (Lipinski definition) is 1. The van der Waals surface area contributed by atoms with Gasteiger partial charge < -0.3 is 4.90 Å². The first-order chi connectivity index (χ1) is 8.85. The highest BCUT2D eigenvalue weighted by Gasteiger charge is 2.17. The molecule has 108 valence electrons. The molecule has 0 saturated heterocycles. The molecule has 0 amide bonds. The van der Waals surface area contributed by atoms with Crippen LogP contribution in [-0.4, -0.2) is 40.0 Å². The highest BCUT2D eigenvalue weighted by atomic mass is 79.9. The van der Waals surface area contributed by atoms with E-state index in [1.165, 1.54) is 0 Å². The zero-order chi connectivity index (χ0) is 14.5. The van der Waals surface area contributed by atoms with Gasteiger partial charge in [0.15, 0.2) is 0 Å². The molecule has 4 nitrogen and oxygen atoms in total. The number of benzene rings is 1. The smallest absolute Gasteiger partial charge is 0.240 e. The van der Waals surface area contributed by atoms with Crippen molar-refractivity contribution in [3.05, 3.63) is 29.8 Å². The van der Waals surface area contributed by atoms with Crippen LogP contribution in [0, 0.1) is 0 Å². The van der Waals surface area contributed by atoms with E-state index in [1.54, 1.807) is 12.1 Å². The van der Waals surface area contributed by atoms with E-state index in [4.69, 9.17) is 0 Å². The monoisotopic (exact) mass is 348 g/mol. The van der Waals surface area contributed by atoms with E-state index >= 15 is 0 Å². The Morgan fingerprint density at radius 3 is 2.32 bits per heavy atom. The molecular formula is C13H21BrN2O2S. The fourth-order valence-electron chi connectivity index (χ4n) is 1.60. The van der Waals surface area contributed by atoms with E-state index in [0.717, 1.165) is 23.9 Å². The Kier molecular flexibility index (Phi) is 6.46. The summed E-state index contributed by atoms with van der Waals surface area (Å²) in [6.07, 6.45) is 0.783. The summed E-state index contributed by atoms with van der Waals surface area (Å²) in [5.41, 5.74) is 1.06. The van der Waals surface area contributed by atoms with Gasteiger partial charge in [0, 0.05) is 11.4 Å². The quantitative estimate of drug-likeness (QED) is 0.768. The molecular weight excluding hydrogens is 328 g/mol. The van der Waals surface area contributed by atoms with Crippen LogP contribution in [0.5, 0.6) is 0 Å². The van der Waals surface area contributed by atoms with Crippen molar-refractivity contribution in [2.24, 2.45) is 0 Å². The average molecular weight is 349 g/mol. The third kappa shape index (κ3) is 5.60. The van der Waals surface area contributed by atoms with Gasteiger partial charge in [-0.3, -0.25) is 0 Å². The third-order valence-electron chi connectivity index (χ3n) is 2.75. The lowest BCUT2D eigenvalue weighted by Gasteiger charge is -2.17. The van der Waals surface area contributed by atoms with E-state index in [-0.39, 0.29) is 6.04 Å². The van der Waals surface area contributed by atoms with Gasteiger partial charge in [-0.05, 0) is 51.7 Å². The molecule has 0 aliphatic carbocycles. The molecule has 1 unspecified atom stereocenters. The Morgan fingerprint density at radius 1 is 1.26 bits per heavy atom. The summed E-state index contributed by atoms with van der Waals surface area (Å²) in [5, 5.41) is 0.722. The molecule has 0 aromatic heterocycles. The summed E-state index contributed by atoms with van der Waals surface area (Å²) in [6, 6.07) is 6.82. The predicted octanol–water partition coefficient (Wildman–Crippen LogP) is 2.20. The normalized spacial score (nSPS) is 13.7. The van der Waals surface area contributed by atoms with Crippen LogP contribution in [0.25, 0.3) is 0 Å². The molecule has 0 saturated carbocycles. The molecule has 0 heterocycles. The van der Waals surface area contributed by atoms with Crippen molar-refractivity contribution in [2.75, 3.05) is 20.6 Å². The van der Waals surface area contributed by atoms with Crippen LogP contribution in [0.4, 0.5) is 0 Å². The lowest BCUT2D eigenvalue weighted by molar-refractivity contribution is 0.379. The van der Waals surface area contributed by atoms with Gasteiger partial charge in [-0.1, -0.05) is 28.1 Å². The van der Waals surface area contributed by atoms with Crippen molar-refractivity contribution in [2.45, 2.75) is 29.6 Å². The Morgan fingerprint density at radius 2 is 1.84 bits per heavy atom. The Hall–Kier alpha value is -0.430. The summed E-state index contributed by atoms with van der Waals surface area (Å²) in [7, 11) is 0.529. The molecule has 1 N–H and O–H groups in total. The first kappa shape index (κ1) is 16.6. The first-order valence-electron chi connectivity index (χ1n) is 6.17. The maximum absolute atomic E-state index is 12.2. The molecule has 0 spiro atoms. The summed E-state index contributed by atoms with van der Waals surface area (Å²) >= 11 is 3.34. The minimum Gasteiger partial charge on any atom is -0.309 e. The SMILES string of the molecule is CC(CCN(C)C)NS(=O)(=O)c1ccc(CBr)cc1. The first-order valence-corrected chi connectivity index (χ1v) is 8.77. The molecule has 1 rings (SSSR count). The average Bonchev–Trinajstić information content (AvgIpc) is 2.36. The van der Waals surface area contributed by atoms with Crippen molar-refractivity contribution < 1.29 is 8.42 Å². The van der Waals surface area contributed by atoms with Gasteiger partial charge in [-0.25, -0.2) is 13.1 Å². The number of hydrogen-bond acceptors (Lipinski definition) is 3. The van der Waals surface area contributed by atoms with Gasteiger partial charge in [-0.15, -0.1) is 0 Å². The van der Waals surface area contributed by atoms with Crippen LogP contribution >= 0.6 is 15.9 Å². The standard InChI is InChI=1S/C13H21BrN2O2S/c1-11(8-9-16(2)3)15-19(17,18)13-6-4-12(10-14)5-7-13/h4-7,11,15H,8-10H2,1-3H3. The number of alkyl halides is 1. The lowest BCUT2D eigenvalue weighted by Crippen LogP contribution is -2.34. The molecule has 0 bridgehead atoms. The molecule has 19 heavy (non-hydrogen) atoms. The van der Waals surface area contributed by atoms with Gasteiger partial charge in [0.1, 0.15) is 0 Å². The van der Waals surface area contributed by atoms with E-state index in [0.29, 0.717) is 4.90 Å². The zero-order valence-corrected chi connectivity index (χ0v) is 14.0. The van der Waals surface area contributed by atoms with Gasteiger partial charge in [-0.2, -0.15) is 0 Å². The molecule has 1 aromatic rings. The minimum atomic E-state index is -3.42. The zero-order valence-electron chi connectivity index (χ0n) is 11.6. The third-order valence-corrected chi connectivity index (χ3v) is 5.01.